The lowest BCUT2D eigenvalue weighted by Gasteiger charge is -2.35. The van der Waals surface area contributed by atoms with Crippen molar-refractivity contribution in [3.8, 4) is 5.75 Å². The van der Waals surface area contributed by atoms with Crippen molar-refractivity contribution in [3.05, 3.63) is 124 Å². The SMILES string of the molecule is COc1ccc(Cl)cc1N(CC(=O)N(Cc1ccccc1C)[C@H](Cc1ccccc1)C(=O)NC1CCCC1)S(=O)(=O)c1ccc(C)cc1. The number of nitrogens with zero attached hydrogens (tertiary/aromatic N) is 2. The van der Waals surface area contributed by atoms with Crippen LogP contribution in [0.2, 0.25) is 5.02 Å². The van der Waals surface area contributed by atoms with Crippen molar-refractivity contribution in [2.45, 2.75) is 69.5 Å². The van der Waals surface area contributed by atoms with Crippen LogP contribution in [0.15, 0.2) is 102 Å². The van der Waals surface area contributed by atoms with E-state index in [4.69, 9.17) is 16.3 Å². The van der Waals surface area contributed by atoms with E-state index in [-0.39, 0.29) is 46.3 Å². The van der Waals surface area contributed by atoms with E-state index in [2.05, 4.69) is 5.32 Å². The highest BCUT2D eigenvalue weighted by Gasteiger charge is 2.36. The predicted molar refractivity (Wildman–Crippen MR) is 190 cm³/mol. The molecule has 0 aromatic heterocycles. The molecule has 8 nitrogen and oxygen atoms in total. The van der Waals surface area contributed by atoms with Gasteiger partial charge in [0.25, 0.3) is 10.0 Å². The van der Waals surface area contributed by atoms with Crippen LogP contribution >= 0.6 is 11.6 Å². The number of anilines is 1. The number of hydrogen-bond acceptors (Lipinski definition) is 5. The van der Waals surface area contributed by atoms with Crippen LogP contribution in [0.4, 0.5) is 5.69 Å². The Labute approximate surface area is 288 Å². The molecule has 1 atom stereocenters. The van der Waals surface area contributed by atoms with Crippen LogP contribution in [0, 0.1) is 13.8 Å². The number of amides is 2. The van der Waals surface area contributed by atoms with E-state index in [1.165, 1.54) is 30.2 Å². The molecule has 1 aliphatic carbocycles. The fourth-order valence-electron chi connectivity index (χ4n) is 6.10. The van der Waals surface area contributed by atoms with Gasteiger partial charge < -0.3 is 15.0 Å². The molecule has 252 valence electrons. The zero-order chi connectivity index (χ0) is 34.3. The Hall–Kier alpha value is -4.34. The van der Waals surface area contributed by atoms with E-state index in [0.29, 0.717) is 0 Å². The standard InChI is InChI=1S/C38H42ClN3O5S/c1-27-17-20-33(21-18-27)48(45,46)42(34-24-31(39)19-22-36(34)47-3)26-37(43)41(25-30-14-8-7-11-28(30)2)35(23-29-12-5-4-6-13-29)38(44)40-32-15-9-10-16-32/h4-8,11-14,17-22,24,32,35H,9-10,15-16,23,25-26H2,1-3H3,(H,40,44)/t35-/m1/s1. The molecule has 4 aromatic carbocycles. The van der Waals surface area contributed by atoms with Gasteiger partial charge in [-0.3, -0.25) is 13.9 Å². The lowest BCUT2D eigenvalue weighted by Crippen LogP contribution is -2.54. The molecule has 1 fully saturated rings. The number of methoxy groups -OCH3 is 1. The summed E-state index contributed by atoms with van der Waals surface area (Å²) in [5, 5.41) is 3.48. The van der Waals surface area contributed by atoms with Gasteiger partial charge in [0.2, 0.25) is 11.8 Å². The maximum atomic E-state index is 14.8. The molecule has 0 radical (unpaired) electrons. The first kappa shape index (κ1) is 35.0. The van der Waals surface area contributed by atoms with Gasteiger partial charge in [0.15, 0.2) is 0 Å². The molecule has 0 heterocycles. The smallest absolute Gasteiger partial charge is 0.264 e. The maximum Gasteiger partial charge on any atom is 0.264 e. The highest BCUT2D eigenvalue weighted by atomic mass is 35.5. The van der Waals surface area contributed by atoms with Crippen molar-refractivity contribution < 1.29 is 22.7 Å². The Bertz CT molecular complexity index is 1830. The molecule has 0 aliphatic heterocycles. The second kappa shape index (κ2) is 15.7. The number of nitrogens with one attached hydrogen (secondary N) is 1. The van der Waals surface area contributed by atoms with Gasteiger partial charge in [0, 0.05) is 24.0 Å². The van der Waals surface area contributed by atoms with Crippen LogP contribution in [0.3, 0.4) is 0 Å². The fraction of sp³-hybridized carbons (Fsp3) is 0.316. The number of carbonyl (C=O) groups excluding carboxylic acids is 2. The van der Waals surface area contributed by atoms with Crippen LogP contribution in [0.1, 0.15) is 47.9 Å². The number of sulfonamides is 1. The van der Waals surface area contributed by atoms with Gasteiger partial charge >= 0.3 is 0 Å². The van der Waals surface area contributed by atoms with Gasteiger partial charge in [-0.15, -0.1) is 0 Å². The molecule has 1 N–H and O–H groups in total. The first-order chi connectivity index (χ1) is 23.1. The minimum Gasteiger partial charge on any atom is -0.495 e. The average Bonchev–Trinajstić information content (AvgIpc) is 3.59. The molecule has 5 rings (SSSR count). The Morgan fingerprint density at radius 1 is 0.917 bits per heavy atom. The lowest BCUT2D eigenvalue weighted by atomic mass is 10.0. The third-order valence-corrected chi connectivity index (χ3v) is 10.9. The van der Waals surface area contributed by atoms with E-state index < -0.39 is 28.5 Å². The molecule has 2 amide bonds. The van der Waals surface area contributed by atoms with Crippen molar-refractivity contribution in [2.24, 2.45) is 0 Å². The van der Waals surface area contributed by atoms with Gasteiger partial charge in [0.1, 0.15) is 18.3 Å². The molecular weight excluding hydrogens is 646 g/mol. The second-order valence-corrected chi connectivity index (χ2v) is 14.6. The normalized spacial score (nSPS) is 13.9. The summed E-state index contributed by atoms with van der Waals surface area (Å²) in [5.74, 6) is -0.576. The Morgan fingerprint density at radius 2 is 1.58 bits per heavy atom. The van der Waals surface area contributed by atoms with Crippen molar-refractivity contribution in [3.63, 3.8) is 0 Å². The molecule has 4 aromatic rings. The monoisotopic (exact) mass is 687 g/mol. The zero-order valence-electron chi connectivity index (χ0n) is 27.6. The number of halogens is 1. The molecule has 0 spiro atoms. The van der Waals surface area contributed by atoms with Gasteiger partial charge in [0.05, 0.1) is 17.7 Å². The van der Waals surface area contributed by atoms with Crippen LogP contribution in [-0.2, 0) is 32.6 Å². The van der Waals surface area contributed by atoms with E-state index in [0.717, 1.165) is 52.2 Å². The molecule has 10 heteroatoms. The molecule has 1 saturated carbocycles. The molecule has 0 unspecified atom stereocenters. The number of carbonyl (C=O) groups is 2. The summed E-state index contributed by atoms with van der Waals surface area (Å²) < 4.78 is 35.4. The Morgan fingerprint density at radius 3 is 2.25 bits per heavy atom. The van der Waals surface area contributed by atoms with Crippen LogP contribution in [0.25, 0.3) is 0 Å². The highest BCUT2D eigenvalue weighted by Crippen LogP contribution is 2.35. The van der Waals surface area contributed by atoms with E-state index in [1.807, 2.05) is 68.4 Å². The van der Waals surface area contributed by atoms with Gasteiger partial charge in [-0.1, -0.05) is 96.7 Å². The van der Waals surface area contributed by atoms with Crippen molar-refractivity contribution >= 4 is 39.1 Å². The highest BCUT2D eigenvalue weighted by molar-refractivity contribution is 7.92. The number of rotatable bonds is 13. The topological polar surface area (TPSA) is 96.0 Å². The molecule has 0 bridgehead atoms. The maximum absolute atomic E-state index is 14.8. The van der Waals surface area contributed by atoms with Crippen LogP contribution in [-0.4, -0.2) is 50.9 Å². The predicted octanol–water partition coefficient (Wildman–Crippen LogP) is 6.86. The summed E-state index contributed by atoms with van der Waals surface area (Å²) in [6, 6.07) is 27.4. The number of hydrogen-bond donors (Lipinski definition) is 1. The zero-order valence-corrected chi connectivity index (χ0v) is 29.1. The summed E-state index contributed by atoms with van der Waals surface area (Å²) in [6.07, 6.45) is 4.09. The third kappa shape index (κ3) is 8.38. The molecule has 0 saturated heterocycles. The largest absolute Gasteiger partial charge is 0.495 e. The summed E-state index contributed by atoms with van der Waals surface area (Å²) in [7, 11) is -2.88. The second-order valence-electron chi connectivity index (χ2n) is 12.3. The Kier molecular flexibility index (Phi) is 11.4. The number of aryl methyl sites for hydroxylation is 2. The lowest BCUT2D eigenvalue weighted by molar-refractivity contribution is -0.140. The minimum atomic E-state index is -4.31. The summed E-state index contributed by atoms with van der Waals surface area (Å²) in [5.41, 5.74) is 3.69. The molecular formula is C38H42ClN3O5S. The average molecular weight is 688 g/mol. The first-order valence-corrected chi connectivity index (χ1v) is 18.0. The summed E-state index contributed by atoms with van der Waals surface area (Å²) >= 11 is 6.40. The van der Waals surface area contributed by atoms with Crippen LogP contribution < -0.4 is 14.4 Å². The van der Waals surface area contributed by atoms with Gasteiger partial charge in [-0.2, -0.15) is 0 Å². The van der Waals surface area contributed by atoms with Crippen molar-refractivity contribution in [2.75, 3.05) is 18.0 Å². The van der Waals surface area contributed by atoms with Crippen molar-refractivity contribution in [1.82, 2.24) is 10.2 Å². The van der Waals surface area contributed by atoms with Gasteiger partial charge in [-0.25, -0.2) is 8.42 Å². The number of ether oxygens (including phenoxy) is 1. The molecule has 1 aliphatic rings. The van der Waals surface area contributed by atoms with E-state index in [1.54, 1.807) is 24.3 Å². The third-order valence-electron chi connectivity index (χ3n) is 8.87. The van der Waals surface area contributed by atoms with E-state index >= 15 is 0 Å². The molecule has 48 heavy (non-hydrogen) atoms. The number of benzene rings is 4. The summed E-state index contributed by atoms with van der Waals surface area (Å²) in [6.45, 7) is 3.32. The fourth-order valence-corrected chi connectivity index (χ4v) is 7.68. The van der Waals surface area contributed by atoms with Crippen molar-refractivity contribution in [1.29, 1.82) is 0 Å². The van der Waals surface area contributed by atoms with Gasteiger partial charge in [-0.05, 0) is 73.7 Å². The van der Waals surface area contributed by atoms with Crippen LogP contribution in [0.5, 0.6) is 5.75 Å². The minimum absolute atomic E-state index is 0.00759. The quantitative estimate of drug-likeness (QED) is 0.166. The first-order valence-electron chi connectivity index (χ1n) is 16.2. The summed E-state index contributed by atoms with van der Waals surface area (Å²) in [4.78, 5) is 30.5. The Balaban J connectivity index is 1.61. The van der Waals surface area contributed by atoms with E-state index in [9.17, 15) is 18.0 Å².